The number of hydrogen-bond acceptors (Lipinski definition) is 3. The van der Waals surface area contributed by atoms with Crippen molar-refractivity contribution in [2.24, 2.45) is 0 Å². The molecule has 2 atom stereocenters. The van der Waals surface area contributed by atoms with E-state index in [2.05, 4.69) is 24.0 Å². The Balaban J connectivity index is 2.05. The first-order valence-corrected chi connectivity index (χ1v) is 6.08. The molecule has 1 spiro atoms. The predicted octanol–water partition coefficient (Wildman–Crippen LogP) is 2.00. The normalized spacial score (nSPS) is 38.4. The SMILES string of the molecule is C[C@H]1C=CC2=CC(=O)O[C@@]3(CCCCN13)C2. The van der Waals surface area contributed by atoms with Crippen molar-refractivity contribution in [1.29, 1.82) is 0 Å². The van der Waals surface area contributed by atoms with E-state index in [1.807, 2.05) is 0 Å². The summed E-state index contributed by atoms with van der Waals surface area (Å²) in [6.45, 7) is 3.21. The van der Waals surface area contributed by atoms with Crippen molar-refractivity contribution in [1.82, 2.24) is 4.90 Å². The van der Waals surface area contributed by atoms with Crippen molar-refractivity contribution < 1.29 is 9.53 Å². The fourth-order valence-corrected chi connectivity index (χ4v) is 3.15. The van der Waals surface area contributed by atoms with E-state index < -0.39 is 0 Å². The molecule has 1 saturated heterocycles. The summed E-state index contributed by atoms with van der Waals surface area (Å²) in [7, 11) is 0. The maximum absolute atomic E-state index is 11.6. The molecular weight excluding hydrogens is 202 g/mol. The third-order valence-corrected chi connectivity index (χ3v) is 3.89. The highest BCUT2D eigenvalue weighted by molar-refractivity contribution is 5.85. The van der Waals surface area contributed by atoms with Gasteiger partial charge in [0.15, 0.2) is 5.72 Å². The topological polar surface area (TPSA) is 29.5 Å². The van der Waals surface area contributed by atoms with Gasteiger partial charge < -0.3 is 4.74 Å². The van der Waals surface area contributed by atoms with Gasteiger partial charge in [0.1, 0.15) is 0 Å². The molecule has 0 radical (unpaired) electrons. The van der Waals surface area contributed by atoms with Gasteiger partial charge in [-0.1, -0.05) is 12.2 Å². The first-order chi connectivity index (χ1) is 7.70. The Kier molecular flexibility index (Phi) is 2.18. The lowest BCUT2D eigenvalue weighted by Crippen LogP contribution is -2.57. The van der Waals surface area contributed by atoms with Crippen LogP contribution in [0.3, 0.4) is 0 Å². The van der Waals surface area contributed by atoms with E-state index in [-0.39, 0.29) is 11.7 Å². The van der Waals surface area contributed by atoms with Crippen LogP contribution in [0.4, 0.5) is 0 Å². The molecule has 0 unspecified atom stereocenters. The lowest BCUT2D eigenvalue weighted by molar-refractivity contribution is -0.194. The Morgan fingerprint density at radius 3 is 3.25 bits per heavy atom. The minimum atomic E-state index is -0.345. The molecule has 1 fully saturated rings. The Hall–Kier alpha value is -1.09. The summed E-state index contributed by atoms with van der Waals surface area (Å²) >= 11 is 0. The van der Waals surface area contributed by atoms with Crippen molar-refractivity contribution in [3.8, 4) is 0 Å². The van der Waals surface area contributed by atoms with Crippen LogP contribution in [0.1, 0.15) is 32.6 Å². The standard InChI is InChI=1S/C13H17NO2/c1-10-4-5-11-8-12(15)16-13(9-11)6-2-3-7-14(10)13/h4-5,8,10H,2-3,6-7,9H2,1H3/t10-,13-/m0/s1. The monoisotopic (exact) mass is 219 g/mol. The lowest BCUT2D eigenvalue weighted by Gasteiger charge is -2.48. The van der Waals surface area contributed by atoms with Gasteiger partial charge in [-0.25, -0.2) is 4.79 Å². The van der Waals surface area contributed by atoms with Crippen molar-refractivity contribution in [3.63, 3.8) is 0 Å². The predicted molar refractivity (Wildman–Crippen MR) is 60.7 cm³/mol. The molecule has 3 heteroatoms. The smallest absolute Gasteiger partial charge is 0.332 e. The number of nitrogens with zero attached hydrogens (tertiary/aromatic N) is 1. The Bertz CT molecular complexity index is 385. The van der Waals surface area contributed by atoms with Crippen molar-refractivity contribution in [3.05, 3.63) is 23.8 Å². The van der Waals surface area contributed by atoms with E-state index in [9.17, 15) is 4.79 Å². The number of rotatable bonds is 0. The Morgan fingerprint density at radius 2 is 2.38 bits per heavy atom. The number of carbonyl (C=O) groups excluding carboxylic acids is 1. The molecule has 86 valence electrons. The van der Waals surface area contributed by atoms with E-state index in [0.29, 0.717) is 6.04 Å². The first-order valence-electron chi connectivity index (χ1n) is 6.08. The number of carbonyl (C=O) groups is 1. The largest absolute Gasteiger partial charge is 0.440 e. The average Bonchev–Trinajstić information content (AvgIpc) is 2.34. The molecule has 3 nitrogen and oxygen atoms in total. The van der Waals surface area contributed by atoms with Gasteiger partial charge in [-0.3, -0.25) is 4.90 Å². The molecule has 16 heavy (non-hydrogen) atoms. The van der Waals surface area contributed by atoms with Crippen molar-refractivity contribution >= 4 is 5.97 Å². The second kappa shape index (κ2) is 3.45. The molecule has 0 aliphatic carbocycles. The molecule has 2 bridgehead atoms. The van der Waals surface area contributed by atoms with Crippen LogP contribution in [0.2, 0.25) is 0 Å². The Labute approximate surface area is 95.8 Å². The molecule has 3 heterocycles. The Morgan fingerprint density at radius 1 is 1.50 bits per heavy atom. The summed E-state index contributed by atoms with van der Waals surface area (Å²) in [5.41, 5.74) is 0.773. The fourth-order valence-electron chi connectivity index (χ4n) is 3.15. The highest BCUT2D eigenvalue weighted by Gasteiger charge is 2.47. The van der Waals surface area contributed by atoms with E-state index in [1.54, 1.807) is 6.08 Å². The maximum Gasteiger partial charge on any atom is 0.332 e. The molecular formula is C13H17NO2. The van der Waals surface area contributed by atoms with E-state index >= 15 is 0 Å². The summed E-state index contributed by atoms with van der Waals surface area (Å²) in [6, 6.07) is 0.358. The van der Waals surface area contributed by atoms with Crippen LogP contribution in [0, 0.1) is 0 Å². The van der Waals surface area contributed by atoms with Gasteiger partial charge in [0, 0.05) is 31.5 Å². The quantitative estimate of drug-likeness (QED) is 0.584. The zero-order chi connectivity index (χ0) is 11.2. The zero-order valence-corrected chi connectivity index (χ0v) is 9.61. The highest BCUT2D eigenvalue weighted by Crippen LogP contribution is 2.41. The minimum Gasteiger partial charge on any atom is -0.440 e. The summed E-state index contributed by atoms with van der Waals surface area (Å²) in [5, 5.41) is 0. The molecule has 3 aliphatic rings. The number of piperidine rings is 1. The van der Waals surface area contributed by atoms with E-state index in [1.165, 1.54) is 6.42 Å². The zero-order valence-electron chi connectivity index (χ0n) is 9.61. The van der Waals surface area contributed by atoms with Crippen molar-refractivity contribution in [2.75, 3.05) is 6.54 Å². The van der Waals surface area contributed by atoms with Crippen LogP contribution < -0.4 is 0 Å². The molecule has 3 rings (SSSR count). The number of fused-ring (bicyclic) bond motifs is 1. The van der Waals surface area contributed by atoms with Crippen LogP contribution in [0.5, 0.6) is 0 Å². The van der Waals surface area contributed by atoms with E-state index in [0.717, 1.165) is 31.4 Å². The molecule has 3 aliphatic heterocycles. The van der Waals surface area contributed by atoms with Gasteiger partial charge in [-0.15, -0.1) is 0 Å². The lowest BCUT2D eigenvalue weighted by atomic mass is 9.90. The van der Waals surface area contributed by atoms with Gasteiger partial charge in [-0.05, 0) is 25.3 Å². The van der Waals surface area contributed by atoms with Gasteiger partial charge in [-0.2, -0.15) is 0 Å². The molecule has 0 aromatic rings. The van der Waals surface area contributed by atoms with Gasteiger partial charge in [0.05, 0.1) is 0 Å². The van der Waals surface area contributed by atoms with Crippen LogP contribution in [-0.4, -0.2) is 29.2 Å². The van der Waals surface area contributed by atoms with Gasteiger partial charge in [0.2, 0.25) is 0 Å². The molecule has 0 amide bonds. The van der Waals surface area contributed by atoms with Crippen LogP contribution >= 0.6 is 0 Å². The minimum absolute atomic E-state index is 0.174. The van der Waals surface area contributed by atoms with E-state index in [4.69, 9.17) is 4.74 Å². The summed E-state index contributed by atoms with van der Waals surface area (Å²) < 4.78 is 5.67. The molecule has 0 saturated carbocycles. The second-order valence-corrected chi connectivity index (χ2v) is 5.01. The first kappa shape index (κ1) is 10.1. The van der Waals surface area contributed by atoms with Crippen LogP contribution in [-0.2, 0) is 9.53 Å². The molecule has 0 aromatic heterocycles. The number of ether oxygens (including phenoxy) is 1. The molecule has 0 N–H and O–H groups in total. The maximum atomic E-state index is 11.6. The van der Waals surface area contributed by atoms with Gasteiger partial charge in [0.25, 0.3) is 0 Å². The third-order valence-electron chi connectivity index (χ3n) is 3.89. The fraction of sp³-hybridized carbons (Fsp3) is 0.615. The second-order valence-electron chi connectivity index (χ2n) is 5.01. The summed E-state index contributed by atoms with van der Waals surface area (Å²) in [5.74, 6) is -0.174. The third kappa shape index (κ3) is 1.42. The van der Waals surface area contributed by atoms with Gasteiger partial charge >= 0.3 is 5.97 Å². The van der Waals surface area contributed by atoms with Crippen LogP contribution in [0.25, 0.3) is 0 Å². The number of allylic oxidation sites excluding steroid dienone is 1. The van der Waals surface area contributed by atoms with Crippen LogP contribution in [0.15, 0.2) is 23.8 Å². The number of esters is 1. The summed E-state index contributed by atoms with van der Waals surface area (Å²) in [4.78, 5) is 14.0. The average molecular weight is 219 g/mol. The van der Waals surface area contributed by atoms with Crippen molar-refractivity contribution in [2.45, 2.75) is 44.4 Å². The summed E-state index contributed by atoms with van der Waals surface area (Å²) in [6.07, 6.45) is 10.1. The molecule has 0 aromatic carbocycles. The number of hydrogen-bond donors (Lipinski definition) is 0. The highest BCUT2D eigenvalue weighted by atomic mass is 16.6.